The van der Waals surface area contributed by atoms with Gasteiger partial charge >= 0.3 is 0 Å². The SMILES string of the molecule is CC(C)(C)C(=O)NC(c1ccccc1)[C@H]1[C@H]2C[C@@H]3C[C@](Cl)(C2)C[C@@]1(O)C3. The van der Waals surface area contributed by atoms with Gasteiger partial charge in [0.05, 0.1) is 11.6 Å². The number of carbonyl (C=O) groups is 1. The van der Waals surface area contributed by atoms with Crippen molar-refractivity contribution >= 4 is 17.5 Å². The largest absolute Gasteiger partial charge is 0.389 e. The van der Waals surface area contributed by atoms with Crippen molar-refractivity contribution in [1.29, 1.82) is 0 Å². The second kappa shape index (κ2) is 5.97. The summed E-state index contributed by atoms with van der Waals surface area (Å²) in [6.45, 7) is 5.80. The first-order valence-electron chi connectivity index (χ1n) is 9.87. The Morgan fingerprint density at radius 1 is 1.23 bits per heavy atom. The molecule has 4 aliphatic rings. The Labute approximate surface area is 161 Å². The summed E-state index contributed by atoms with van der Waals surface area (Å²) in [5, 5.41) is 14.9. The van der Waals surface area contributed by atoms with Gasteiger partial charge in [0.25, 0.3) is 0 Å². The maximum Gasteiger partial charge on any atom is 0.225 e. The number of nitrogens with one attached hydrogen (secondary N) is 1. The van der Waals surface area contributed by atoms with Crippen LogP contribution in [-0.2, 0) is 4.79 Å². The summed E-state index contributed by atoms with van der Waals surface area (Å²) in [5.41, 5.74) is -0.160. The monoisotopic (exact) mass is 375 g/mol. The first-order valence-corrected chi connectivity index (χ1v) is 10.2. The van der Waals surface area contributed by atoms with E-state index < -0.39 is 11.0 Å². The second-order valence-corrected chi connectivity index (χ2v) is 10.8. The quantitative estimate of drug-likeness (QED) is 0.767. The van der Waals surface area contributed by atoms with Crippen LogP contribution in [0.2, 0.25) is 0 Å². The van der Waals surface area contributed by atoms with Crippen molar-refractivity contribution in [1.82, 2.24) is 5.32 Å². The predicted molar refractivity (Wildman–Crippen MR) is 104 cm³/mol. The average Bonchev–Trinajstić information content (AvgIpc) is 2.50. The van der Waals surface area contributed by atoms with Gasteiger partial charge in [-0.1, -0.05) is 51.1 Å². The minimum atomic E-state index is -0.780. The van der Waals surface area contributed by atoms with E-state index in [9.17, 15) is 9.90 Å². The van der Waals surface area contributed by atoms with E-state index in [0.717, 1.165) is 31.2 Å². The normalized spacial score (nSPS) is 39.7. The maximum atomic E-state index is 12.8. The highest BCUT2D eigenvalue weighted by atomic mass is 35.5. The molecule has 4 aliphatic carbocycles. The van der Waals surface area contributed by atoms with E-state index in [1.165, 1.54) is 0 Å². The lowest BCUT2D eigenvalue weighted by Crippen LogP contribution is -2.65. The zero-order valence-electron chi connectivity index (χ0n) is 16.0. The van der Waals surface area contributed by atoms with E-state index in [2.05, 4.69) is 17.4 Å². The number of hydrogen-bond acceptors (Lipinski definition) is 2. The van der Waals surface area contributed by atoms with Gasteiger partial charge in [-0.3, -0.25) is 4.79 Å². The molecule has 6 atom stereocenters. The average molecular weight is 376 g/mol. The Kier molecular flexibility index (Phi) is 4.20. The van der Waals surface area contributed by atoms with Gasteiger partial charge in [0.2, 0.25) is 5.91 Å². The molecule has 1 aromatic rings. The molecule has 1 aromatic carbocycles. The van der Waals surface area contributed by atoms with Crippen molar-refractivity contribution in [2.45, 2.75) is 69.4 Å². The van der Waals surface area contributed by atoms with Crippen LogP contribution in [0.5, 0.6) is 0 Å². The molecule has 2 N–H and O–H groups in total. The summed E-state index contributed by atoms with van der Waals surface area (Å²) < 4.78 is 0. The molecule has 0 radical (unpaired) electrons. The molecular weight excluding hydrogens is 346 g/mol. The van der Waals surface area contributed by atoms with Gasteiger partial charge in [-0.15, -0.1) is 11.6 Å². The van der Waals surface area contributed by atoms with E-state index in [1.54, 1.807) is 0 Å². The van der Waals surface area contributed by atoms with Crippen LogP contribution in [0.4, 0.5) is 0 Å². The fraction of sp³-hybridized carbons (Fsp3) is 0.682. The molecule has 0 spiro atoms. The Bertz CT molecular complexity index is 700. The standard InChI is InChI=1S/C22H30ClNO2/c1-20(2,3)19(25)24-18(15-7-5-4-6-8-15)17-16-9-14-10-21(23,12-16)13-22(17,26)11-14/h4-8,14,16-18,26H,9-13H2,1-3H3,(H,24,25)/t14-,16+,17-,18?,21+,22+/m1/s1. The van der Waals surface area contributed by atoms with Crippen LogP contribution >= 0.6 is 11.6 Å². The van der Waals surface area contributed by atoms with E-state index in [4.69, 9.17) is 11.6 Å². The maximum absolute atomic E-state index is 12.8. The minimum absolute atomic E-state index is 0.0274. The number of aliphatic hydroxyl groups is 1. The van der Waals surface area contributed by atoms with Gasteiger partial charge in [0.1, 0.15) is 0 Å². The molecule has 4 bridgehead atoms. The van der Waals surface area contributed by atoms with Crippen molar-refractivity contribution < 1.29 is 9.90 Å². The highest BCUT2D eigenvalue weighted by molar-refractivity contribution is 6.24. The topological polar surface area (TPSA) is 49.3 Å². The van der Waals surface area contributed by atoms with E-state index in [1.807, 2.05) is 39.0 Å². The Hall–Kier alpha value is -1.06. The van der Waals surface area contributed by atoms with Crippen LogP contribution in [0.15, 0.2) is 30.3 Å². The lowest BCUT2D eigenvalue weighted by molar-refractivity contribution is -0.175. The molecule has 26 heavy (non-hydrogen) atoms. The number of alkyl halides is 1. The molecule has 0 aliphatic heterocycles. The first-order chi connectivity index (χ1) is 12.1. The van der Waals surface area contributed by atoms with Crippen LogP contribution in [0.1, 0.15) is 64.5 Å². The third-order valence-electron chi connectivity index (χ3n) is 6.80. The fourth-order valence-corrected chi connectivity index (χ4v) is 6.68. The lowest BCUT2D eigenvalue weighted by atomic mass is 9.47. The number of rotatable bonds is 3. The Morgan fingerprint density at radius 3 is 2.50 bits per heavy atom. The van der Waals surface area contributed by atoms with Crippen LogP contribution in [0.25, 0.3) is 0 Å². The number of amides is 1. The summed E-state index contributed by atoms with van der Waals surface area (Å²) in [6.07, 6.45) is 4.57. The zero-order valence-corrected chi connectivity index (χ0v) is 16.7. The van der Waals surface area contributed by atoms with Gasteiger partial charge in [-0.25, -0.2) is 0 Å². The molecule has 1 unspecified atom stereocenters. The summed E-state index contributed by atoms with van der Waals surface area (Å²) in [4.78, 5) is 12.6. The number of benzene rings is 1. The van der Waals surface area contributed by atoms with Crippen molar-refractivity contribution in [2.75, 3.05) is 0 Å². The highest BCUT2D eigenvalue weighted by Gasteiger charge is 2.63. The Morgan fingerprint density at radius 2 is 1.92 bits per heavy atom. The number of carbonyl (C=O) groups excluding carboxylic acids is 1. The molecule has 0 aromatic heterocycles. The number of halogens is 1. The third-order valence-corrected chi connectivity index (χ3v) is 7.24. The minimum Gasteiger partial charge on any atom is -0.389 e. The van der Waals surface area contributed by atoms with Crippen LogP contribution in [0, 0.1) is 23.2 Å². The van der Waals surface area contributed by atoms with Crippen molar-refractivity contribution in [2.24, 2.45) is 23.2 Å². The molecule has 0 heterocycles. The first kappa shape index (κ1) is 18.3. The second-order valence-electron chi connectivity index (χ2n) is 10.0. The molecule has 5 rings (SSSR count). The molecular formula is C22H30ClNO2. The summed E-state index contributed by atoms with van der Waals surface area (Å²) in [7, 11) is 0. The van der Waals surface area contributed by atoms with Crippen molar-refractivity contribution in [3.63, 3.8) is 0 Å². The molecule has 4 heteroatoms. The van der Waals surface area contributed by atoms with Gasteiger partial charge in [-0.05, 0) is 49.5 Å². The summed E-state index contributed by atoms with van der Waals surface area (Å²) >= 11 is 6.87. The Balaban J connectivity index is 1.71. The molecule has 3 nitrogen and oxygen atoms in total. The fourth-order valence-electron chi connectivity index (χ4n) is 6.03. The lowest BCUT2D eigenvalue weighted by Gasteiger charge is -2.63. The third kappa shape index (κ3) is 3.07. The van der Waals surface area contributed by atoms with Crippen LogP contribution in [-0.4, -0.2) is 21.5 Å². The van der Waals surface area contributed by atoms with E-state index in [-0.39, 0.29) is 22.7 Å². The molecule has 4 fully saturated rings. The van der Waals surface area contributed by atoms with Gasteiger partial charge in [-0.2, -0.15) is 0 Å². The van der Waals surface area contributed by atoms with Crippen molar-refractivity contribution in [3.8, 4) is 0 Å². The molecule has 1 amide bonds. The number of hydrogen-bond donors (Lipinski definition) is 2. The highest BCUT2D eigenvalue weighted by Crippen LogP contribution is 2.64. The van der Waals surface area contributed by atoms with Crippen LogP contribution < -0.4 is 5.32 Å². The van der Waals surface area contributed by atoms with Crippen LogP contribution in [0.3, 0.4) is 0 Å². The van der Waals surface area contributed by atoms with E-state index >= 15 is 0 Å². The van der Waals surface area contributed by atoms with Crippen molar-refractivity contribution in [3.05, 3.63) is 35.9 Å². The summed E-state index contributed by atoms with van der Waals surface area (Å²) in [6, 6.07) is 9.98. The predicted octanol–water partition coefficient (Wildman–Crippen LogP) is 4.44. The molecule has 4 saturated carbocycles. The van der Waals surface area contributed by atoms with E-state index in [0.29, 0.717) is 18.3 Å². The summed E-state index contributed by atoms with van der Waals surface area (Å²) in [5.74, 6) is 0.948. The van der Waals surface area contributed by atoms with Gasteiger partial charge in [0.15, 0.2) is 0 Å². The van der Waals surface area contributed by atoms with Gasteiger partial charge < -0.3 is 10.4 Å². The zero-order chi connectivity index (χ0) is 18.7. The van der Waals surface area contributed by atoms with Gasteiger partial charge in [0, 0.05) is 16.2 Å². The smallest absolute Gasteiger partial charge is 0.225 e. The molecule has 0 saturated heterocycles. The molecule has 142 valence electrons.